The molecule has 2 N–H and O–H groups in total. The summed E-state index contributed by atoms with van der Waals surface area (Å²) in [5.41, 5.74) is 0. The topological polar surface area (TPSA) is 63.0 Å². The van der Waals surface area contributed by atoms with E-state index in [2.05, 4.69) is 27.5 Å². The molecule has 2 aromatic heterocycles. The van der Waals surface area contributed by atoms with Gasteiger partial charge in [-0.1, -0.05) is 18.7 Å². The fourth-order valence-electron chi connectivity index (χ4n) is 1.71. The zero-order valence-corrected chi connectivity index (χ0v) is 12.9. The molecular weight excluding hydrogens is 272 g/mol. The summed E-state index contributed by atoms with van der Waals surface area (Å²) in [5.74, 6) is 3.47. The van der Waals surface area contributed by atoms with E-state index < -0.39 is 0 Å². The van der Waals surface area contributed by atoms with Crippen LogP contribution in [-0.2, 0) is 6.54 Å². The van der Waals surface area contributed by atoms with Crippen molar-refractivity contribution in [2.75, 3.05) is 23.4 Å². The van der Waals surface area contributed by atoms with Crippen LogP contribution in [0.25, 0.3) is 0 Å². The Labute approximate surface area is 123 Å². The minimum atomic E-state index is 0.617. The third-order valence-corrected chi connectivity index (χ3v) is 3.23. The molecule has 5 nitrogen and oxygen atoms in total. The number of furan rings is 1. The van der Waals surface area contributed by atoms with Gasteiger partial charge < -0.3 is 15.1 Å². The molecule has 0 unspecified atom stereocenters. The van der Waals surface area contributed by atoms with Crippen molar-refractivity contribution in [1.29, 1.82) is 0 Å². The van der Waals surface area contributed by atoms with Gasteiger partial charge in [0.25, 0.3) is 0 Å². The maximum Gasteiger partial charge on any atom is 0.191 e. The smallest absolute Gasteiger partial charge is 0.191 e. The molecule has 6 heteroatoms. The number of thioether (sulfide) groups is 1. The second-order valence-electron chi connectivity index (χ2n) is 4.42. The zero-order chi connectivity index (χ0) is 14.4. The maximum atomic E-state index is 5.53. The van der Waals surface area contributed by atoms with Gasteiger partial charge in [-0.25, -0.2) is 9.97 Å². The SMILES string of the molecule is CCCNc1cc(NCc2ccc(C)o2)nc(SC)n1. The average molecular weight is 292 g/mol. The molecule has 0 aromatic carbocycles. The summed E-state index contributed by atoms with van der Waals surface area (Å²) < 4.78 is 5.53. The van der Waals surface area contributed by atoms with Gasteiger partial charge in [0.1, 0.15) is 23.2 Å². The van der Waals surface area contributed by atoms with Gasteiger partial charge in [-0.15, -0.1) is 0 Å². The molecule has 0 spiro atoms. The summed E-state index contributed by atoms with van der Waals surface area (Å²) in [6.07, 6.45) is 3.03. The lowest BCUT2D eigenvalue weighted by Gasteiger charge is -2.09. The summed E-state index contributed by atoms with van der Waals surface area (Å²) in [4.78, 5) is 8.87. The highest BCUT2D eigenvalue weighted by Crippen LogP contribution is 2.18. The lowest BCUT2D eigenvalue weighted by atomic mass is 10.4. The van der Waals surface area contributed by atoms with Gasteiger partial charge in [-0.2, -0.15) is 0 Å². The van der Waals surface area contributed by atoms with Gasteiger partial charge in [0, 0.05) is 12.6 Å². The lowest BCUT2D eigenvalue weighted by Crippen LogP contribution is -2.07. The van der Waals surface area contributed by atoms with Crippen LogP contribution in [-0.4, -0.2) is 22.8 Å². The molecule has 108 valence electrons. The van der Waals surface area contributed by atoms with Crippen molar-refractivity contribution in [2.45, 2.75) is 32.0 Å². The Balaban J connectivity index is 2.05. The molecule has 0 saturated carbocycles. The van der Waals surface area contributed by atoms with Crippen LogP contribution in [0, 0.1) is 6.92 Å². The molecule has 2 rings (SSSR count). The molecule has 0 amide bonds. The summed E-state index contributed by atoms with van der Waals surface area (Å²) in [5, 5.41) is 7.31. The molecule has 0 saturated heterocycles. The van der Waals surface area contributed by atoms with E-state index in [1.54, 1.807) is 0 Å². The summed E-state index contributed by atoms with van der Waals surface area (Å²) in [7, 11) is 0. The predicted octanol–water partition coefficient (Wildman–Crippen LogP) is 3.53. The number of nitrogens with one attached hydrogen (secondary N) is 2. The molecule has 0 aliphatic rings. The summed E-state index contributed by atoms with van der Waals surface area (Å²) in [6.45, 7) is 5.59. The number of nitrogens with zero attached hydrogens (tertiary/aromatic N) is 2. The van der Waals surface area contributed by atoms with Gasteiger partial charge in [-0.05, 0) is 31.7 Å². The molecule has 0 radical (unpaired) electrons. The largest absolute Gasteiger partial charge is 0.465 e. The first-order valence-electron chi connectivity index (χ1n) is 6.67. The molecule has 0 atom stereocenters. The summed E-state index contributed by atoms with van der Waals surface area (Å²) >= 11 is 1.53. The second kappa shape index (κ2) is 7.19. The Hall–Kier alpha value is -1.69. The second-order valence-corrected chi connectivity index (χ2v) is 5.19. The van der Waals surface area contributed by atoms with Crippen molar-refractivity contribution < 1.29 is 4.42 Å². The molecule has 2 heterocycles. The number of aromatic nitrogens is 2. The van der Waals surface area contributed by atoms with Crippen molar-refractivity contribution >= 4 is 23.4 Å². The quantitative estimate of drug-likeness (QED) is 0.601. The first-order valence-corrected chi connectivity index (χ1v) is 7.90. The van der Waals surface area contributed by atoms with Gasteiger partial charge in [0.05, 0.1) is 6.54 Å². The van der Waals surface area contributed by atoms with Gasteiger partial charge >= 0.3 is 0 Å². The van der Waals surface area contributed by atoms with Crippen LogP contribution in [0.3, 0.4) is 0 Å². The monoisotopic (exact) mass is 292 g/mol. The van der Waals surface area contributed by atoms with Crippen LogP contribution < -0.4 is 10.6 Å². The number of aryl methyl sites for hydroxylation is 1. The van der Waals surface area contributed by atoms with Crippen LogP contribution >= 0.6 is 11.8 Å². The third kappa shape index (κ3) is 4.16. The number of hydrogen-bond donors (Lipinski definition) is 2. The van der Waals surface area contributed by atoms with E-state index in [0.29, 0.717) is 6.54 Å². The Morgan fingerprint density at radius 2 is 1.95 bits per heavy atom. The van der Waals surface area contributed by atoms with Crippen molar-refractivity contribution in [3.05, 3.63) is 29.7 Å². The minimum Gasteiger partial charge on any atom is -0.465 e. The number of hydrogen-bond acceptors (Lipinski definition) is 6. The molecule has 20 heavy (non-hydrogen) atoms. The van der Waals surface area contributed by atoms with Crippen molar-refractivity contribution in [3.63, 3.8) is 0 Å². The van der Waals surface area contributed by atoms with Crippen molar-refractivity contribution in [1.82, 2.24) is 9.97 Å². The van der Waals surface area contributed by atoms with Crippen molar-refractivity contribution in [2.24, 2.45) is 0 Å². The highest BCUT2D eigenvalue weighted by molar-refractivity contribution is 7.98. The van der Waals surface area contributed by atoms with Crippen molar-refractivity contribution in [3.8, 4) is 0 Å². The first kappa shape index (κ1) is 14.7. The van der Waals surface area contributed by atoms with E-state index in [0.717, 1.165) is 41.3 Å². The van der Waals surface area contributed by atoms with E-state index >= 15 is 0 Å². The molecular formula is C14H20N4OS. The summed E-state index contributed by atoms with van der Waals surface area (Å²) in [6, 6.07) is 5.85. The first-order chi connectivity index (χ1) is 9.71. The van der Waals surface area contributed by atoms with E-state index in [9.17, 15) is 0 Å². The van der Waals surface area contributed by atoms with Gasteiger partial charge in [0.2, 0.25) is 0 Å². The molecule has 0 fully saturated rings. The Morgan fingerprint density at radius 3 is 2.55 bits per heavy atom. The van der Waals surface area contributed by atoms with Crippen LogP contribution in [0.2, 0.25) is 0 Å². The fraction of sp³-hybridized carbons (Fsp3) is 0.429. The third-order valence-electron chi connectivity index (χ3n) is 2.68. The zero-order valence-electron chi connectivity index (χ0n) is 12.1. The van der Waals surface area contributed by atoms with Crippen LogP contribution in [0.5, 0.6) is 0 Å². The Morgan fingerprint density at radius 1 is 1.20 bits per heavy atom. The molecule has 0 aliphatic heterocycles. The van der Waals surface area contributed by atoms with Crippen LogP contribution in [0.4, 0.5) is 11.6 Å². The standard InChI is InChI=1S/C14H20N4OS/c1-4-7-15-12-8-13(18-14(17-12)20-3)16-9-11-6-5-10(2)19-11/h5-6,8H,4,7,9H2,1-3H3,(H2,15,16,17,18). The fourth-order valence-corrected chi connectivity index (χ4v) is 2.09. The predicted molar refractivity (Wildman–Crippen MR) is 83.4 cm³/mol. The number of rotatable bonds is 7. The van der Waals surface area contributed by atoms with E-state index in [1.165, 1.54) is 11.8 Å². The molecule has 2 aromatic rings. The van der Waals surface area contributed by atoms with Gasteiger partial charge in [0.15, 0.2) is 5.16 Å². The van der Waals surface area contributed by atoms with Crippen LogP contribution in [0.1, 0.15) is 24.9 Å². The normalized spacial score (nSPS) is 10.6. The minimum absolute atomic E-state index is 0.617. The van der Waals surface area contributed by atoms with E-state index in [1.807, 2.05) is 31.4 Å². The van der Waals surface area contributed by atoms with Crippen LogP contribution in [0.15, 0.2) is 27.8 Å². The Bertz CT molecular complexity index is 556. The van der Waals surface area contributed by atoms with E-state index in [4.69, 9.17) is 4.42 Å². The lowest BCUT2D eigenvalue weighted by molar-refractivity contribution is 0.490. The maximum absolute atomic E-state index is 5.53. The highest BCUT2D eigenvalue weighted by atomic mass is 32.2. The van der Waals surface area contributed by atoms with Gasteiger partial charge in [-0.3, -0.25) is 0 Å². The highest BCUT2D eigenvalue weighted by Gasteiger charge is 2.05. The molecule has 0 bridgehead atoms. The van der Waals surface area contributed by atoms with E-state index in [-0.39, 0.29) is 0 Å². The Kier molecular flexibility index (Phi) is 5.29. The number of anilines is 2. The molecule has 0 aliphatic carbocycles. The average Bonchev–Trinajstić information content (AvgIpc) is 2.88.